The van der Waals surface area contributed by atoms with Crippen LogP contribution in [0, 0.1) is 0 Å². The first-order chi connectivity index (χ1) is 12.1. The summed E-state index contributed by atoms with van der Waals surface area (Å²) in [6.07, 6.45) is 0.290. The number of aromatic nitrogens is 1. The number of aromatic amines is 1. The number of carbonyl (C=O) groups is 2. The van der Waals surface area contributed by atoms with Crippen LogP contribution >= 0.6 is 0 Å². The molecule has 1 aliphatic rings. The second-order valence-electron chi connectivity index (χ2n) is 6.03. The molecule has 0 saturated heterocycles. The number of para-hydroxylation sites is 1. The predicted octanol–water partition coefficient (Wildman–Crippen LogP) is 2.20. The first-order valence-electron chi connectivity index (χ1n) is 7.92. The molecule has 0 unspecified atom stereocenters. The summed E-state index contributed by atoms with van der Waals surface area (Å²) >= 11 is 0. The zero-order valence-electron chi connectivity index (χ0n) is 13.3. The zero-order valence-corrected chi connectivity index (χ0v) is 13.3. The first-order valence-corrected chi connectivity index (χ1v) is 7.92. The summed E-state index contributed by atoms with van der Waals surface area (Å²) in [7, 11) is 0. The molecule has 1 aliphatic heterocycles. The number of pyridine rings is 1. The molecule has 2 aromatic carbocycles. The number of fused-ring (bicyclic) bond motifs is 2. The van der Waals surface area contributed by atoms with Crippen molar-refractivity contribution in [2.75, 3.05) is 10.6 Å². The van der Waals surface area contributed by atoms with Gasteiger partial charge in [0, 0.05) is 22.5 Å². The molecule has 0 radical (unpaired) electrons. The molecular weight excluding hydrogens is 318 g/mol. The topological polar surface area (TPSA) is 91.1 Å². The van der Waals surface area contributed by atoms with E-state index in [1.165, 1.54) is 0 Å². The van der Waals surface area contributed by atoms with Crippen LogP contribution < -0.4 is 16.2 Å². The third-order valence-corrected chi connectivity index (χ3v) is 4.20. The highest BCUT2D eigenvalue weighted by Crippen LogP contribution is 2.26. The number of rotatable bonds is 3. The Morgan fingerprint density at radius 3 is 2.80 bits per heavy atom. The number of hydrogen-bond donors (Lipinski definition) is 3. The Kier molecular flexibility index (Phi) is 3.57. The molecule has 2 amide bonds. The fraction of sp³-hybridized carbons (Fsp3) is 0.105. The highest BCUT2D eigenvalue weighted by molar-refractivity contribution is 6.00. The van der Waals surface area contributed by atoms with Crippen LogP contribution in [0.2, 0.25) is 0 Å². The van der Waals surface area contributed by atoms with Gasteiger partial charge in [0.2, 0.25) is 11.8 Å². The lowest BCUT2D eigenvalue weighted by molar-refractivity contribution is -0.116. The minimum Gasteiger partial charge on any atom is -0.326 e. The van der Waals surface area contributed by atoms with E-state index in [9.17, 15) is 14.4 Å². The van der Waals surface area contributed by atoms with Crippen molar-refractivity contribution < 1.29 is 9.59 Å². The van der Waals surface area contributed by atoms with E-state index in [1.807, 2.05) is 24.3 Å². The molecular formula is C19H15N3O3. The van der Waals surface area contributed by atoms with Gasteiger partial charge >= 0.3 is 0 Å². The van der Waals surface area contributed by atoms with Crippen LogP contribution in [-0.2, 0) is 22.4 Å². The van der Waals surface area contributed by atoms with Gasteiger partial charge in [-0.05, 0) is 41.3 Å². The summed E-state index contributed by atoms with van der Waals surface area (Å²) in [4.78, 5) is 38.6. The molecule has 0 fully saturated rings. The van der Waals surface area contributed by atoms with Crippen LogP contribution in [0.1, 0.15) is 11.1 Å². The van der Waals surface area contributed by atoms with E-state index in [0.29, 0.717) is 17.7 Å². The Hall–Kier alpha value is -3.41. The van der Waals surface area contributed by atoms with Gasteiger partial charge in [-0.3, -0.25) is 14.4 Å². The fourth-order valence-electron chi connectivity index (χ4n) is 3.01. The molecule has 3 aromatic rings. The minimum atomic E-state index is -0.280. The van der Waals surface area contributed by atoms with Gasteiger partial charge < -0.3 is 15.6 Å². The van der Waals surface area contributed by atoms with Crippen LogP contribution in [0.15, 0.2) is 53.3 Å². The molecule has 0 bridgehead atoms. The van der Waals surface area contributed by atoms with Crippen LogP contribution in [0.3, 0.4) is 0 Å². The van der Waals surface area contributed by atoms with Crippen molar-refractivity contribution in [1.82, 2.24) is 4.98 Å². The molecule has 0 aliphatic carbocycles. The third kappa shape index (κ3) is 3.01. The van der Waals surface area contributed by atoms with E-state index in [1.54, 1.807) is 24.3 Å². The zero-order chi connectivity index (χ0) is 17.4. The summed E-state index contributed by atoms with van der Waals surface area (Å²) < 4.78 is 0. The Bertz CT molecular complexity index is 1070. The van der Waals surface area contributed by atoms with Gasteiger partial charge in [0.1, 0.15) is 0 Å². The van der Waals surface area contributed by atoms with E-state index < -0.39 is 0 Å². The smallest absolute Gasteiger partial charge is 0.252 e. The van der Waals surface area contributed by atoms with Crippen molar-refractivity contribution in [3.63, 3.8) is 0 Å². The number of nitrogens with one attached hydrogen (secondary N) is 3. The molecule has 25 heavy (non-hydrogen) atoms. The van der Waals surface area contributed by atoms with Gasteiger partial charge in [-0.2, -0.15) is 0 Å². The Morgan fingerprint density at radius 2 is 1.92 bits per heavy atom. The van der Waals surface area contributed by atoms with Gasteiger partial charge in [-0.1, -0.05) is 18.2 Å². The van der Waals surface area contributed by atoms with E-state index in [-0.39, 0.29) is 23.8 Å². The lowest BCUT2D eigenvalue weighted by Crippen LogP contribution is -2.21. The quantitative estimate of drug-likeness (QED) is 0.686. The minimum absolute atomic E-state index is 0.0194. The fourth-order valence-corrected chi connectivity index (χ4v) is 3.01. The number of benzene rings is 2. The molecule has 2 heterocycles. The summed E-state index contributed by atoms with van der Waals surface area (Å²) in [6.45, 7) is 0. The number of amides is 2. The number of carbonyl (C=O) groups excluding carboxylic acids is 2. The van der Waals surface area contributed by atoms with Crippen LogP contribution in [-0.4, -0.2) is 16.8 Å². The maximum absolute atomic E-state index is 12.3. The van der Waals surface area contributed by atoms with Gasteiger partial charge in [0.05, 0.1) is 12.8 Å². The summed E-state index contributed by atoms with van der Waals surface area (Å²) in [5.74, 6) is -0.334. The Morgan fingerprint density at radius 1 is 1.08 bits per heavy atom. The molecule has 6 nitrogen and oxygen atoms in total. The molecule has 6 heteroatoms. The molecule has 1 aromatic heterocycles. The number of anilines is 2. The predicted molar refractivity (Wildman–Crippen MR) is 95.7 cm³/mol. The van der Waals surface area contributed by atoms with Crippen molar-refractivity contribution in [2.24, 2.45) is 0 Å². The molecule has 0 saturated carbocycles. The average molecular weight is 333 g/mol. The van der Waals surface area contributed by atoms with Crippen LogP contribution in [0.25, 0.3) is 10.9 Å². The van der Waals surface area contributed by atoms with E-state index in [2.05, 4.69) is 15.6 Å². The second kappa shape index (κ2) is 5.90. The normalized spacial score (nSPS) is 12.7. The standard InChI is InChI=1S/C19H15N3O3/c23-17(20-14-5-6-16-12(8-14)9-18(24)21-16)10-13-7-11-3-1-2-4-15(11)22-19(13)25/h1-8H,9-10H2,(H,20,23)(H,21,24)(H,22,25). The van der Waals surface area contributed by atoms with Gasteiger partial charge in [0.25, 0.3) is 5.56 Å². The summed E-state index contributed by atoms with van der Waals surface area (Å²) in [6, 6.07) is 14.4. The summed E-state index contributed by atoms with van der Waals surface area (Å²) in [5.41, 5.74) is 3.12. The maximum Gasteiger partial charge on any atom is 0.252 e. The van der Waals surface area contributed by atoms with Crippen LogP contribution in [0.4, 0.5) is 11.4 Å². The number of hydrogen-bond acceptors (Lipinski definition) is 3. The lowest BCUT2D eigenvalue weighted by atomic mass is 10.1. The third-order valence-electron chi connectivity index (χ3n) is 4.20. The van der Waals surface area contributed by atoms with Gasteiger partial charge in [0.15, 0.2) is 0 Å². The highest BCUT2D eigenvalue weighted by Gasteiger charge is 2.18. The van der Waals surface area contributed by atoms with Crippen molar-refractivity contribution in [3.05, 3.63) is 70.0 Å². The van der Waals surface area contributed by atoms with E-state index in [4.69, 9.17) is 0 Å². The highest BCUT2D eigenvalue weighted by atomic mass is 16.2. The molecule has 3 N–H and O–H groups in total. The Labute approximate surface area is 142 Å². The van der Waals surface area contributed by atoms with E-state index >= 15 is 0 Å². The molecule has 4 rings (SSSR count). The Balaban J connectivity index is 1.53. The van der Waals surface area contributed by atoms with Crippen molar-refractivity contribution >= 4 is 34.1 Å². The molecule has 0 spiro atoms. The second-order valence-corrected chi connectivity index (χ2v) is 6.03. The summed E-state index contributed by atoms with van der Waals surface area (Å²) in [5, 5.41) is 6.41. The van der Waals surface area contributed by atoms with Crippen LogP contribution in [0.5, 0.6) is 0 Å². The lowest BCUT2D eigenvalue weighted by Gasteiger charge is -2.07. The SMILES string of the molecule is O=C(Cc1cc2ccccc2[nH]c1=O)Nc1ccc2c(c1)CC(=O)N2. The first kappa shape index (κ1) is 15.1. The average Bonchev–Trinajstić information content (AvgIpc) is 2.95. The monoisotopic (exact) mass is 333 g/mol. The van der Waals surface area contributed by atoms with Gasteiger partial charge in [-0.15, -0.1) is 0 Å². The van der Waals surface area contributed by atoms with Crippen molar-refractivity contribution in [3.8, 4) is 0 Å². The van der Waals surface area contributed by atoms with Crippen molar-refractivity contribution in [1.29, 1.82) is 0 Å². The van der Waals surface area contributed by atoms with E-state index in [0.717, 1.165) is 22.2 Å². The largest absolute Gasteiger partial charge is 0.326 e. The maximum atomic E-state index is 12.3. The number of H-pyrrole nitrogens is 1. The molecule has 0 atom stereocenters. The molecule has 124 valence electrons. The van der Waals surface area contributed by atoms with Crippen molar-refractivity contribution in [2.45, 2.75) is 12.8 Å². The van der Waals surface area contributed by atoms with Gasteiger partial charge in [-0.25, -0.2) is 0 Å².